The molecule has 1 aromatic heterocycles. The molecule has 146 valence electrons. The molecule has 0 saturated carbocycles. The summed E-state index contributed by atoms with van der Waals surface area (Å²) >= 11 is 0. The molecule has 0 saturated heterocycles. The molecule has 29 heavy (non-hydrogen) atoms. The van der Waals surface area contributed by atoms with Gasteiger partial charge < -0.3 is 10.6 Å². The summed E-state index contributed by atoms with van der Waals surface area (Å²) in [5.74, 6) is 0.0763. The van der Waals surface area contributed by atoms with Gasteiger partial charge >= 0.3 is 0 Å². The number of benzene rings is 2. The van der Waals surface area contributed by atoms with E-state index < -0.39 is 5.41 Å². The maximum Gasteiger partial charge on any atom is 0.270 e. The average molecular weight is 384 g/mol. The number of hydrogen-bond acceptors (Lipinski definition) is 4. The summed E-state index contributed by atoms with van der Waals surface area (Å²) in [6.07, 6.45) is 6.01. The molecule has 0 bridgehead atoms. The highest BCUT2D eigenvalue weighted by Crippen LogP contribution is 2.43. The Morgan fingerprint density at radius 1 is 1.17 bits per heavy atom. The Balaban J connectivity index is 1.95. The largest absolute Gasteiger partial charge is 0.382 e. The zero-order valence-corrected chi connectivity index (χ0v) is 16.7. The Kier molecular flexibility index (Phi) is 4.59. The molecule has 0 radical (unpaired) electrons. The summed E-state index contributed by atoms with van der Waals surface area (Å²) in [4.78, 5) is 14.5. The number of nitrogens with two attached hydrogens (primary N) is 1. The van der Waals surface area contributed by atoms with Gasteiger partial charge in [0, 0.05) is 37.2 Å². The summed E-state index contributed by atoms with van der Waals surface area (Å²) in [6, 6.07) is 18.8. The highest BCUT2D eigenvalue weighted by atomic mass is 16.2. The topological polar surface area (TPSA) is 64.1 Å². The summed E-state index contributed by atoms with van der Waals surface area (Å²) in [6.45, 7) is 3.60. The predicted octanol–water partition coefficient (Wildman–Crippen LogP) is 3.91. The van der Waals surface area contributed by atoms with E-state index >= 15 is 0 Å². The minimum atomic E-state index is -0.439. The van der Waals surface area contributed by atoms with Crippen molar-refractivity contribution in [3.05, 3.63) is 95.7 Å². The second-order valence-corrected chi connectivity index (χ2v) is 7.49. The monoisotopic (exact) mass is 384 g/mol. The fraction of sp³-hybridized carbons (Fsp3) is 0.167. The number of rotatable bonds is 4. The Bertz CT molecular complexity index is 1110. The van der Waals surface area contributed by atoms with E-state index in [4.69, 9.17) is 5.73 Å². The van der Waals surface area contributed by atoms with Crippen LogP contribution in [-0.4, -0.2) is 29.8 Å². The lowest BCUT2D eigenvalue weighted by Gasteiger charge is -2.35. The van der Waals surface area contributed by atoms with Crippen molar-refractivity contribution in [2.45, 2.75) is 11.8 Å². The standard InChI is InChI=1S/C24H24N4O/c1-4-22(29)28-21-16-24(17-9-6-5-7-10-17,14-13-20(21)23(25)26-28)18-11-8-12-19(15-18)27(2)3/h4-15H,1,16H2,2-3H3,(H2,25,26). The van der Waals surface area contributed by atoms with Crippen LogP contribution >= 0.6 is 0 Å². The van der Waals surface area contributed by atoms with E-state index in [-0.39, 0.29) is 5.91 Å². The second-order valence-electron chi connectivity index (χ2n) is 7.49. The molecule has 1 aliphatic rings. The summed E-state index contributed by atoms with van der Waals surface area (Å²) in [5.41, 5.74) is 10.7. The molecule has 1 unspecified atom stereocenters. The normalized spacial score (nSPS) is 17.6. The lowest BCUT2D eigenvalue weighted by molar-refractivity contribution is 0.0950. The molecular weight excluding hydrogens is 360 g/mol. The number of carbonyl (C=O) groups is 1. The van der Waals surface area contributed by atoms with Crippen LogP contribution in [0.15, 0.2) is 73.3 Å². The van der Waals surface area contributed by atoms with Crippen LogP contribution < -0.4 is 10.6 Å². The molecule has 0 spiro atoms. The van der Waals surface area contributed by atoms with E-state index in [0.717, 1.165) is 28.1 Å². The number of aromatic nitrogens is 2. The van der Waals surface area contributed by atoms with Gasteiger partial charge in [0.2, 0.25) is 0 Å². The number of carbonyl (C=O) groups excluding carboxylic acids is 1. The lowest BCUT2D eigenvalue weighted by atomic mass is 9.68. The van der Waals surface area contributed by atoms with Crippen LogP contribution in [-0.2, 0) is 11.8 Å². The van der Waals surface area contributed by atoms with Crippen LogP contribution in [0.1, 0.15) is 27.2 Å². The van der Waals surface area contributed by atoms with Gasteiger partial charge in [-0.1, -0.05) is 61.2 Å². The molecule has 2 aromatic carbocycles. The quantitative estimate of drug-likeness (QED) is 0.693. The molecule has 1 atom stereocenters. The molecule has 0 fully saturated rings. The minimum Gasteiger partial charge on any atom is -0.382 e. The molecule has 0 aliphatic heterocycles. The lowest BCUT2D eigenvalue weighted by Crippen LogP contribution is -2.32. The first-order valence-corrected chi connectivity index (χ1v) is 9.53. The second kappa shape index (κ2) is 7.09. The molecular formula is C24H24N4O. The first-order valence-electron chi connectivity index (χ1n) is 9.53. The summed E-state index contributed by atoms with van der Waals surface area (Å²) < 4.78 is 1.38. The van der Waals surface area contributed by atoms with Crippen LogP contribution in [0.3, 0.4) is 0 Å². The molecule has 3 aromatic rings. The third-order valence-electron chi connectivity index (χ3n) is 5.58. The number of hydrogen-bond donors (Lipinski definition) is 1. The van der Waals surface area contributed by atoms with Crippen molar-refractivity contribution in [2.24, 2.45) is 0 Å². The van der Waals surface area contributed by atoms with Gasteiger partial charge in [-0.05, 0) is 29.3 Å². The number of nitrogens with zero attached hydrogens (tertiary/aromatic N) is 3. The number of anilines is 2. The van der Waals surface area contributed by atoms with Crippen LogP contribution in [0.2, 0.25) is 0 Å². The maximum absolute atomic E-state index is 12.4. The molecule has 4 rings (SSSR count). The molecule has 5 nitrogen and oxygen atoms in total. The van der Waals surface area contributed by atoms with E-state index in [0.29, 0.717) is 12.2 Å². The molecule has 2 N–H and O–H groups in total. The van der Waals surface area contributed by atoms with E-state index in [9.17, 15) is 4.79 Å². The van der Waals surface area contributed by atoms with E-state index in [2.05, 4.69) is 59.1 Å². The summed E-state index contributed by atoms with van der Waals surface area (Å²) in [5, 5.41) is 4.28. The Morgan fingerprint density at radius 2 is 1.90 bits per heavy atom. The highest BCUT2D eigenvalue weighted by Gasteiger charge is 2.38. The molecule has 0 amide bonds. The van der Waals surface area contributed by atoms with E-state index in [1.54, 1.807) is 0 Å². The average Bonchev–Trinajstić information content (AvgIpc) is 3.09. The van der Waals surface area contributed by atoms with Crippen molar-refractivity contribution in [3.8, 4) is 0 Å². The molecule has 1 heterocycles. The van der Waals surface area contributed by atoms with Crippen LogP contribution in [0.25, 0.3) is 6.08 Å². The van der Waals surface area contributed by atoms with Gasteiger partial charge in [0.05, 0.1) is 5.69 Å². The minimum absolute atomic E-state index is 0.280. The predicted molar refractivity (Wildman–Crippen MR) is 118 cm³/mol. The third-order valence-corrected chi connectivity index (χ3v) is 5.58. The van der Waals surface area contributed by atoms with Gasteiger partial charge in [0.15, 0.2) is 5.82 Å². The van der Waals surface area contributed by atoms with Crippen molar-refractivity contribution in [3.63, 3.8) is 0 Å². The van der Waals surface area contributed by atoms with Gasteiger partial charge in [-0.25, -0.2) is 0 Å². The molecule has 5 heteroatoms. The first-order chi connectivity index (χ1) is 14.0. The van der Waals surface area contributed by atoms with E-state index in [1.165, 1.54) is 10.8 Å². The van der Waals surface area contributed by atoms with Gasteiger partial charge in [-0.2, -0.15) is 4.68 Å². The fourth-order valence-corrected chi connectivity index (χ4v) is 4.01. The van der Waals surface area contributed by atoms with Gasteiger partial charge in [-0.3, -0.25) is 4.79 Å². The zero-order chi connectivity index (χ0) is 20.6. The first kappa shape index (κ1) is 18.7. The summed E-state index contributed by atoms with van der Waals surface area (Å²) in [7, 11) is 4.06. The van der Waals surface area contributed by atoms with E-state index in [1.807, 2.05) is 38.4 Å². The van der Waals surface area contributed by atoms with Crippen LogP contribution in [0.5, 0.6) is 0 Å². The number of nitrogen functional groups attached to an aromatic ring is 1. The number of fused-ring (bicyclic) bond motifs is 1. The smallest absolute Gasteiger partial charge is 0.270 e. The highest BCUT2D eigenvalue weighted by molar-refractivity contribution is 5.91. The Morgan fingerprint density at radius 3 is 2.59 bits per heavy atom. The van der Waals surface area contributed by atoms with Crippen LogP contribution in [0, 0.1) is 0 Å². The zero-order valence-electron chi connectivity index (χ0n) is 16.7. The van der Waals surface area contributed by atoms with Gasteiger partial charge in [0.1, 0.15) is 0 Å². The van der Waals surface area contributed by atoms with Crippen molar-refractivity contribution in [1.29, 1.82) is 0 Å². The van der Waals surface area contributed by atoms with Crippen molar-refractivity contribution >= 4 is 23.5 Å². The Hall–Kier alpha value is -3.60. The van der Waals surface area contributed by atoms with Crippen LogP contribution in [0.4, 0.5) is 11.5 Å². The maximum atomic E-state index is 12.4. The third kappa shape index (κ3) is 3.05. The number of allylic oxidation sites excluding steroid dienone is 2. The Labute approximate surface area is 170 Å². The van der Waals surface area contributed by atoms with Crippen molar-refractivity contribution in [1.82, 2.24) is 9.78 Å². The van der Waals surface area contributed by atoms with Crippen molar-refractivity contribution in [2.75, 3.05) is 24.7 Å². The molecule has 1 aliphatic carbocycles. The van der Waals surface area contributed by atoms with Gasteiger partial charge in [-0.15, -0.1) is 5.10 Å². The van der Waals surface area contributed by atoms with Gasteiger partial charge in [0.25, 0.3) is 5.91 Å². The van der Waals surface area contributed by atoms with Crippen molar-refractivity contribution < 1.29 is 4.79 Å². The fourth-order valence-electron chi connectivity index (χ4n) is 4.01. The SMILES string of the molecule is C=CC(=O)n1nc(N)c2c1CC(c1ccccc1)(c1cccc(N(C)C)c1)C=C2.